The average molecular weight is 197 g/mol. The predicted octanol–water partition coefficient (Wildman–Crippen LogP) is 1.62. The second-order valence-electron chi connectivity index (χ2n) is 3.13. The molecule has 0 saturated heterocycles. The van der Waals surface area contributed by atoms with Gasteiger partial charge in [0, 0.05) is 11.3 Å². The van der Waals surface area contributed by atoms with E-state index in [1.54, 1.807) is 12.1 Å². The molecule has 0 radical (unpaired) electrons. The van der Waals surface area contributed by atoms with Crippen molar-refractivity contribution in [1.29, 1.82) is 0 Å². The van der Waals surface area contributed by atoms with E-state index >= 15 is 0 Å². The summed E-state index contributed by atoms with van der Waals surface area (Å²) >= 11 is 0. The molecule has 0 bridgehead atoms. The van der Waals surface area contributed by atoms with Crippen molar-refractivity contribution in [2.24, 2.45) is 0 Å². The molecule has 0 spiro atoms. The van der Waals surface area contributed by atoms with Crippen LogP contribution in [0.15, 0.2) is 22.8 Å². The lowest BCUT2D eigenvalue weighted by molar-refractivity contribution is -0.483. The quantitative estimate of drug-likeness (QED) is 0.531. The number of rotatable bonds is 5. The Balaban J connectivity index is 2.71. The van der Waals surface area contributed by atoms with Gasteiger partial charge in [-0.1, -0.05) is 0 Å². The minimum absolute atomic E-state index is 0.0757. The second-order valence-corrected chi connectivity index (χ2v) is 3.13. The van der Waals surface area contributed by atoms with E-state index in [0.717, 1.165) is 0 Å². The van der Waals surface area contributed by atoms with Crippen molar-refractivity contribution < 1.29 is 14.1 Å². The second kappa shape index (κ2) is 4.55. The highest BCUT2D eigenvalue weighted by Crippen LogP contribution is 2.20. The van der Waals surface area contributed by atoms with Crippen LogP contribution in [-0.4, -0.2) is 17.3 Å². The average Bonchev–Trinajstić information content (AvgIpc) is 2.52. The smallest absolute Gasteiger partial charge is 0.214 e. The van der Waals surface area contributed by atoms with Gasteiger partial charge in [0.15, 0.2) is 0 Å². The Morgan fingerprint density at radius 2 is 2.43 bits per heavy atom. The predicted molar refractivity (Wildman–Crippen MR) is 48.6 cm³/mol. The van der Waals surface area contributed by atoms with Crippen molar-refractivity contribution >= 4 is 5.78 Å². The molecule has 0 unspecified atom stereocenters. The maximum Gasteiger partial charge on any atom is 0.214 e. The summed E-state index contributed by atoms with van der Waals surface area (Å²) in [6, 6.07) is 3.31. The molecule has 0 saturated carbocycles. The fourth-order valence-corrected chi connectivity index (χ4v) is 1.31. The number of Topliss-reactive ketones (excluding diaryl/α,β-unsaturated/α-hetero) is 1. The fraction of sp³-hybridized carbons (Fsp3) is 0.444. The summed E-state index contributed by atoms with van der Waals surface area (Å²) in [7, 11) is 0. The van der Waals surface area contributed by atoms with Crippen LogP contribution in [0.4, 0.5) is 0 Å². The highest BCUT2D eigenvalue weighted by molar-refractivity contribution is 5.76. The Morgan fingerprint density at radius 1 is 1.71 bits per heavy atom. The number of hydrogen-bond acceptors (Lipinski definition) is 4. The topological polar surface area (TPSA) is 73.3 Å². The number of furan rings is 1. The van der Waals surface area contributed by atoms with Gasteiger partial charge in [-0.2, -0.15) is 0 Å². The number of hydrogen-bond donors (Lipinski definition) is 0. The van der Waals surface area contributed by atoms with Crippen LogP contribution < -0.4 is 0 Å². The largest absolute Gasteiger partial charge is 0.469 e. The van der Waals surface area contributed by atoms with Gasteiger partial charge in [0.1, 0.15) is 11.5 Å². The Kier molecular flexibility index (Phi) is 3.39. The van der Waals surface area contributed by atoms with Crippen LogP contribution in [0, 0.1) is 10.1 Å². The first-order chi connectivity index (χ1) is 6.59. The Hall–Kier alpha value is -1.65. The van der Waals surface area contributed by atoms with Crippen molar-refractivity contribution in [2.75, 3.05) is 6.54 Å². The monoisotopic (exact) mass is 197 g/mol. The summed E-state index contributed by atoms with van der Waals surface area (Å²) in [4.78, 5) is 20.8. The molecule has 1 aromatic heterocycles. The third kappa shape index (κ3) is 3.01. The molecule has 5 nitrogen and oxygen atoms in total. The van der Waals surface area contributed by atoms with Crippen molar-refractivity contribution in [1.82, 2.24) is 0 Å². The summed E-state index contributed by atoms with van der Waals surface area (Å²) in [5.74, 6) is -0.0253. The van der Waals surface area contributed by atoms with Crippen LogP contribution in [0.2, 0.25) is 0 Å². The van der Waals surface area contributed by atoms with Crippen molar-refractivity contribution in [3.63, 3.8) is 0 Å². The van der Waals surface area contributed by atoms with E-state index < -0.39 is 10.8 Å². The summed E-state index contributed by atoms with van der Waals surface area (Å²) in [5, 5.41) is 10.3. The minimum Gasteiger partial charge on any atom is -0.469 e. The molecule has 1 atom stereocenters. The van der Waals surface area contributed by atoms with Crippen LogP contribution in [0.1, 0.15) is 25.0 Å². The molecule has 5 heteroatoms. The highest BCUT2D eigenvalue weighted by atomic mass is 16.6. The molecule has 14 heavy (non-hydrogen) atoms. The lowest BCUT2D eigenvalue weighted by atomic mass is 10.0. The van der Waals surface area contributed by atoms with E-state index in [4.69, 9.17) is 4.42 Å². The van der Waals surface area contributed by atoms with Gasteiger partial charge in [-0.15, -0.1) is 0 Å². The first kappa shape index (κ1) is 10.4. The van der Waals surface area contributed by atoms with E-state index in [9.17, 15) is 14.9 Å². The van der Waals surface area contributed by atoms with Gasteiger partial charge in [-0.25, -0.2) is 0 Å². The normalized spacial score (nSPS) is 12.4. The van der Waals surface area contributed by atoms with E-state index in [-0.39, 0.29) is 18.7 Å². The number of nitrogens with zero attached hydrogens (tertiary/aromatic N) is 1. The van der Waals surface area contributed by atoms with E-state index in [1.807, 2.05) is 0 Å². The van der Waals surface area contributed by atoms with Crippen LogP contribution in [0.25, 0.3) is 0 Å². The van der Waals surface area contributed by atoms with Crippen LogP contribution in [-0.2, 0) is 4.79 Å². The zero-order valence-corrected chi connectivity index (χ0v) is 7.80. The SMILES string of the molecule is CC(=O)C[C@H](C[N+](=O)[O-])c1ccco1. The molecule has 0 aliphatic rings. The molecule has 1 heterocycles. The maximum absolute atomic E-state index is 10.9. The van der Waals surface area contributed by atoms with Gasteiger partial charge in [0.05, 0.1) is 12.2 Å². The lowest BCUT2D eigenvalue weighted by Gasteiger charge is -2.06. The molecular weight excluding hydrogens is 186 g/mol. The number of carbonyl (C=O) groups is 1. The molecule has 0 N–H and O–H groups in total. The standard InChI is InChI=1S/C9H11NO4/c1-7(11)5-8(6-10(12)13)9-3-2-4-14-9/h2-4,8H,5-6H2,1H3/t8-/m1/s1. The van der Waals surface area contributed by atoms with Crippen LogP contribution in [0.3, 0.4) is 0 Å². The third-order valence-electron chi connectivity index (χ3n) is 1.85. The van der Waals surface area contributed by atoms with Crippen molar-refractivity contribution in [2.45, 2.75) is 19.3 Å². The molecule has 1 rings (SSSR count). The molecule has 0 aromatic carbocycles. The van der Waals surface area contributed by atoms with Crippen LogP contribution in [0.5, 0.6) is 0 Å². The van der Waals surface area contributed by atoms with Gasteiger partial charge in [0.25, 0.3) is 0 Å². The van der Waals surface area contributed by atoms with Gasteiger partial charge >= 0.3 is 0 Å². The number of ketones is 1. The van der Waals surface area contributed by atoms with Gasteiger partial charge in [0.2, 0.25) is 6.54 Å². The first-order valence-electron chi connectivity index (χ1n) is 4.24. The Labute approximate surface area is 80.9 Å². The van der Waals surface area contributed by atoms with E-state index in [1.165, 1.54) is 13.2 Å². The zero-order valence-electron chi connectivity index (χ0n) is 7.80. The molecule has 0 aliphatic heterocycles. The molecule has 1 aromatic rings. The highest BCUT2D eigenvalue weighted by Gasteiger charge is 2.21. The summed E-state index contributed by atoms with van der Waals surface area (Å²) in [6.45, 7) is 1.14. The number of carbonyl (C=O) groups excluding carboxylic acids is 1. The summed E-state index contributed by atoms with van der Waals surface area (Å²) in [6.07, 6.45) is 1.59. The van der Waals surface area contributed by atoms with Gasteiger partial charge in [-0.3, -0.25) is 14.9 Å². The first-order valence-corrected chi connectivity index (χ1v) is 4.24. The minimum atomic E-state index is -0.447. The molecular formula is C9H11NO4. The maximum atomic E-state index is 10.9. The van der Waals surface area contributed by atoms with Crippen molar-refractivity contribution in [3.8, 4) is 0 Å². The summed E-state index contributed by atoms with van der Waals surface area (Å²) < 4.78 is 5.04. The van der Waals surface area contributed by atoms with E-state index in [0.29, 0.717) is 5.76 Å². The number of nitro groups is 1. The van der Waals surface area contributed by atoms with Gasteiger partial charge in [-0.05, 0) is 19.1 Å². The Morgan fingerprint density at radius 3 is 2.86 bits per heavy atom. The molecule has 0 amide bonds. The van der Waals surface area contributed by atoms with Gasteiger partial charge < -0.3 is 4.42 Å². The molecule has 0 aliphatic carbocycles. The lowest BCUT2D eigenvalue weighted by Crippen LogP contribution is -2.14. The van der Waals surface area contributed by atoms with Crippen LogP contribution >= 0.6 is 0 Å². The van der Waals surface area contributed by atoms with Crippen molar-refractivity contribution in [3.05, 3.63) is 34.3 Å². The molecule has 0 fully saturated rings. The Bertz CT molecular complexity index is 302. The van der Waals surface area contributed by atoms with E-state index in [2.05, 4.69) is 0 Å². The zero-order chi connectivity index (χ0) is 10.6. The summed E-state index contributed by atoms with van der Waals surface area (Å²) in [5.41, 5.74) is 0. The third-order valence-corrected chi connectivity index (χ3v) is 1.85. The fourth-order valence-electron chi connectivity index (χ4n) is 1.31. The molecule has 76 valence electrons.